The first-order valence-corrected chi connectivity index (χ1v) is 4.35. The molecule has 0 saturated heterocycles. The van der Waals surface area contributed by atoms with Crippen LogP contribution in [-0.2, 0) is 11.3 Å². The second kappa shape index (κ2) is 2.90. The van der Waals surface area contributed by atoms with Gasteiger partial charge in [-0.1, -0.05) is 0 Å². The fourth-order valence-electron chi connectivity index (χ4n) is 1.59. The van der Waals surface area contributed by atoms with Gasteiger partial charge in [-0.05, 0) is 31.0 Å². The van der Waals surface area contributed by atoms with Crippen molar-refractivity contribution in [3.05, 3.63) is 22.8 Å². The molecule has 74 valence electrons. The third kappa shape index (κ3) is 1.19. The molecule has 2 rings (SSSR count). The van der Waals surface area contributed by atoms with Gasteiger partial charge in [0.1, 0.15) is 12.4 Å². The van der Waals surface area contributed by atoms with Gasteiger partial charge >= 0.3 is 6.09 Å². The van der Waals surface area contributed by atoms with Gasteiger partial charge in [0.15, 0.2) is 0 Å². The van der Waals surface area contributed by atoms with Gasteiger partial charge in [0.25, 0.3) is 0 Å². The molecule has 0 aromatic heterocycles. The highest BCUT2D eigenvalue weighted by Gasteiger charge is 2.20. The fraction of sp³-hybridized carbons (Fsp3) is 0.300. The Balaban J connectivity index is 2.59. The van der Waals surface area contributed by atoms with Crippen LogP contribution in [0, 0.1) is 13.8 Å². The van der Waals surface area contributed by atoms with Crippen molar-refractivity contribution < 1.29 is 14.6 Å². The maximum absolute atomic E-state index is 10.9. The minimum Gasteiger partial charge on any atom is -0.507 e. The van der Waals surface area contributed by atoms with Gasteiger partial charge in [0.2, 0.25) is 0 Å². The van der Waals surface area contributed by atoms with E-state index < -0.39 is 6.09 Å². The van der Waals surface area contributed by atoms with E-state index in [1.807, 2.05) is 6.92 Å². The molecule has 0 bridgehead atoms. The van der Waals surface area contributed by atoms with Crippen molar-refractivity contribution in [1.29, 1.82) is 0 Å². The Hall–Kier alpha value is -1.71. The summed E-state index contributed by atoms with van der Waals surface area (Å²) in [6.07, 6.45) is -0.443. The van der Waals surface area contributed by atoms with E-state index in [-0.39, 0.29) is 12.4 Å². The number of benzene rings is 1. The molecule has 0 radical (unpaired) electrons. The number of ether oxygens (including phenoxy) is 1. The minimum absolute atomic E-state index is 0.223. The molecule has 1 aromatic carbocycles. The molecule has 0 atom stereocenters. The van der Waals surface area contributed by atoms with Crippen LogP contribution in [0.5, 0.6) is 5.75 Å². The topological polar surface area (TPSA) is 58.6 Å². The van der Waals surface area contributed by atoms with Crippen LogP contribution in [0.25, 0.3) is 0 Å². The van der Waals surface area contributed by atoms with E-state index >= 15 is 0 Å². The number of carbonyl (C=O) groups is 1. The Bertz CT molecular complexity index is 412. The van der Waals surface area contributed by atoms with E-state index in [0.717, 1.165) is 22.4 Å². The number of hydrogen-bond acceptors (Lipinski definition) is 3. The number of hydrogen-bond donors (Lipinski definition) is 2. The number of nitrogens with one attached hydrogen (secondary N) is 1. The summed E-state index contributed by atoms with van der Waals surface area (Å²) >= 11 is 0. The van der Waals surface area contributed by atoms with Crippen LogP contribution >= 0.6 is 0 Å². The molecule has 14 heavy (non-hydrogen) atoms. The highest BCUT2D eigenvalue weighted by Crippen LogP contribution is 2.33. The summed E-state index contributed by atoms with van der Waals surface area (Å²) in [5.41, 5.74) is 3.09. The molecule has 0 spiro atoms. The van der Waals surface area contributed by atoms with Gasteiger partial charge < -0.3 is 9.84 Å². The number of phenolic OH excluding ortho intramolecular Hbond substituents is 1. The summed E-state index contributed by atoms with van der Waals surface area (Å²) in [4.78, 5) is 10.9. The molecule has 2 N–H and O–H groups in total. The largest absolute Gasteiger partial charge is 0.507 e. The zero-order valence-corrected chi connectivity index (χ0v) is 8.05. The lowest BCUT2D eigenvalue weighted by molar-refractivity contribution is 0.151. The van der Waals surface area contributed by atoms with E-state index in [0.29, 0.717) is 0 Å². The van der Waals surface area contributed by atoms with Crippen molar-refractivity contribution in [3.8, 4) is 5.75 Å². The molecule has 1 aromatic rings. The van der Waals surface area contributed by atoms with E-state index in [4.69, 9.17) is 4.74 Å². The van der Waals surface area contributed by atoms with Gasteiger partial charge in [-0.2, -0.15) is 0 Å². The van der Waals surface area contributed by atoms with Crippen molar-refractivity contribution in [3.63, 3.8) is 0 Å². The number of anilines is 1. The van der Waals surface area contributed by atoms with Crippen molar-refractivity contribution >= 4 is 11.8 Å². The molecule has 4 nitrogen and oxygen atoms in total. The maximum atomic E-state index is 10.9. The molecule has 0 saturated carbocycles. The lowest BCUT2D eigenvalue weighted by Gasteiger charge is -2.20. The predicted molar refractivity (Wildman–Crippen MR) is 51.4 cm³/mol. The lowest BCUT2D eigenvalue weighted by atomic mass is 10.0. The van der Waals surface area contributed by atoms with E-state index in [2.05, 4.69) is 5.32 Å². The summed E-state index contributed by atoms with van der Waals surface area (Å²) in [7, 11) is 0. The second-order valence-corrected chi connectivity index (χ2v) is 3.39. The van der Waals surface area contributed by atoms with Gasteiger partial charge in [-0.15, -0.1) is 0 Å². The smallest absolute Gasteiger partial charge is 0.411 e. The number of cyclic esters (lactones) is 1. The first kappa shape index (κ1) is 8.87. The summed E-state index contributed by atoms with van der Waals surface area (Å²) in [6.45, 7) is 3.83. The van der Waals surface area contributed by atoms with Gasteiger partial charge in [-0.3, -0.25) is 5.32 Å². The van der Waals surface area contributed by atoms with E-state index in [9.17, 15) is 9.90 Å². The highest BCUT2D eigenvalue weighted by atomic mass is 16.5. The summed E-state index contributed by atoms with van der Waals surface area (Å²) in [5.74, 6) is 0.267. The number of rotatable bonds is 0. The Kier molecular flexibility index (Phi) is 1.84. The van der Waals surface area contributed by atoms with Crippen LogP contribution in [0.3, 0.4) is 0 Å². The number of aryl methyl sites for hydroxylation is 1. The number of phenols is 1. The normalized spacial score (nSPS) is 14.3. The van der Waals surface area contributed by atoms with Crippen LogP contribution in [-0.4, -0.2) is 11.2 Å². The number of amides is 1. The van der Waals surface area contributed by atoms with Gasteiger partial charge in [-0.25, -0.2) is 4.79 Å². The van der Waals surface area contributed by atoms with Crippen molar-refractivity contribution in [1.82, 2.24) is 0 Å². The molecule has 4 heteroatoms. The Labute approximate surface area is 81.5 Å². The molecular weight excluding hydrogens is 182 g/mol. The van der Waals surface area contributed by atoms with Crippen LogP contribution in [0.1, 0.15) is 16.7 Å². The standard InChI is InChI=1S/C10H11NO3/c1-5-3-8-7(6(2)9(5)12)4-14-10(13)11-8/h3,12H,4H2,1-2H3,(H,11,13). The molecule has 1 amide bonds. The average Bonchev–Trinajstić information content (AvgIpc) is 2.14. The van der Waals surface area contributed by atoms with E-state index in [1.165, 1.54) is 0 Å². The first-order valence-electron chi connectivity index (χ1n) is 4.35. The quantitative estimate of drug-likeness (QED) is 0.620. The summed E-state index contributed by atoms with van der Waals surface area (Å²) in [6, 6.07) is 1.75. The number of fused-ring (bicyclic) bond motifs is 1. The van der Waals surface area contributed by atoms with Crippen molar-refractivity contribution in [2.45, 2.75) is 20.5 Å². The lowest BCUT2D eigenvalue weighted by Crippen LogP contribution is -2.21. The van der Waals surface area contributed by atoms with Gasteiger partial charge in [0, 0.05) is 5.56 Å². The molecular formula is C10H11NO3. The van der Waals surface area contributed by atoms with Crippen LogP contribution in [0.4, 0.5) is 10.5 Å². The monoisotopic (exact) mass is 193 g/mol. The zero-order valence-electron chi connectivity index (χ0n) is 8.05. The number of carbonyl (C=O) groups excluding carboxylic acids is 1. The molecule has 1 heterocycles. The second-order valence-electron chi connectivity index (χ2n) is 3.39. The SMILES string of the molecule is Cc1cc2c(c(C)c1O)COC(=O)N2. The van der Waals surface area contributed by atoms with Gasteiger partial charge in [0.05, 0.1) is 5.69 Å². The molecule has 1 aliphatic rings. The number of aromatic hydroxyl groups is 1. The van der Waals surface area contributed by atoms with Crippen molar-refractivity contribution in [2.75, 3.05) is 5.32 Å². The Morgan fingerprint density at radius 3 is 2.93 bits per heavy atom. The van der Waals surface area contributed by atoms with Crippen LogP contribution < -0.4 is 5.32 Å². The summed E-state index contributed by atoms with van der Waals surface area (Å²) in [5, 5.41) is 12.3. The average molecular weight is 193 g/mol. The van der Waals surface area contributed by atoms with Crippen molar-refractivity contribution in [2.24, 2.45) is 0 Å². The Morgan fingerprint density at radius 1 is 1.50 bits per heavy atom. The van der Waals surface area contributed by atoms with Crippen LogP contribution in [0.2, 0.25) is 0 Å². The van der Waals surface area contributed by atoms with E-state index in [1.54, 1.807) is 13.0 Å². The maximum Gasteiger partial charge on any atom is 0.411 e. The zero-order chi connectivity index (χ0) is 10.3. The molecule has 0 fully saturated rings. The predicted octanol–water partition coefficient (Wildman–Crippen LogP) is 2.07. The first-order chi connectivity index (χ1) is 6.59. The molecule has 1 aliphatic heterocycles. The molecule has 0 unspecified atom stereocenters. The summed E-state index contributed by atoms with van der Waals surface area (Å²) < 4.78 is 4.82. The fourth-order valence-corrected chi connectivity index (χ4v) is 1.59. The highest BCUT2D eigenvalue weighted by molar-refractivity contribution is 5.88. The van der Waals surface area contributed by atoms with Crippen LogP contribution in [0.15, 0.2) is 6.07 Å². The third-order valence-corrected chi connectivity index (χ3v) is 2.45. The Morgan fingerprint density at radius 2 is 2.21 bits per heavy atom. The third-order valence-electron chi connectivity index (χ3n) is 2.45. The molecule has 0 aliphatic carbocycles. The minimum atomic E-state index is -0.443.